The Morgan fingerprint density at radius 3 is 2.87 bits per heavy atom. The van der Waals surface area contributed by atoms with E-state index in [-0.39, 0.29) is 24.2 Å². The molecule has 0 unspecified atom stereocenters. The Kier molecular flexibility index (Phi) is 3.87. The van der Waals surface area contributed by atoms with E-state index in [1.165, 1.54) is 17.1 Å². The number of hydrogen-bond acceptors (Lipinski definition) is 9. The number of nitrogens with one attached hydrogen (secondary N) is 1. The Labute approximate surface area is 179 Å². The second-order valence-corrected chi connectivity index (χ2v) is 8.49. The van der Waals surface area contributed by atoms with E-state index in [0.29, 0.717) is 41.4 Å². The summed E-state index contributed by atoms with van der Waals surface area (Å²) >= 11 is 1.62. The predicted octanol–water partition coefficient (Wildman–Crippen LogP) is 3.39. The first kappa shape index (κ1) is 18.1. The van der Waals surface area contributed by atoms with Crippen LogP contribution in [0.3, 0.4) is 0 Å². The van der Waals surface area contributed by atoms with Crippen molar-refractivity contribution in [1.82, 2.24) is 14.8 Å². The number of rotatable bonds is 3. The zero-order valence-electron chi connectivity index (χ0n) is 16.0. The minimum Gasteiger partial charge on any atom is -0.454 e. The summed E-state index contributed by atoms with van der Waals surface area (Å²) in [6.45, 7) is -0.00783. The summed E-state index contributed by atoms with van der Waals surface area (Å²) in [7, 11) is 0. The molecule has 31 heavy (non-hydrogen) atoms. The van der Waals surface area contributed by atoms with Gasteiger partial charge in [0.1, 0.15) is 12.4 Å². The van der Waals surface area contributed by atoms with Crippen LogP contribution in [-0.2, 0) is 4.79 Å². The van der Waals surface area contributed by atoms with E-state index in [4.69, 9.17) is 9.47 Å². The number of anilines is 1. The predicted molar refractivity (Wildman–Crippen MR) is 109 cm³/mol. The van der Waals surface area contributed by atoms with Crippen molar-refractivity contribution >= 4 is 28.8 Å². The Bertz CT molecular complexity index is 1260. The van der Waals surface area contributed by atoms with Crippen LogP contribution in [-0.4, -0.2) is 32.3 Å². The Morgan fingerprint density at radius 2 is 2.10 bits per heavy atom. The molecular weight excluding hydrogens is 422 g/mol. The van der Waals surface area contributed by atoms with Gasteiger partial charge >= 0.3 is 0 Å². The summed E-state index contributed by atoms with van der Waals surface area (Å²) in [5.74, 6) is 1.15. The van der Waals surface area contributed by atoms with Gasteiger partial charge in [0.2, 0.25) is 12.7 Å². The third kappa shape index (κ3) is 2.73. The van der Waals surface area contributed by atoms with Gasteiger partial charge in [0.15, 0.2) is 17.3 Å². The molecule has 0 bridgehead atoms. The number of nitrogens with zero attached hydrogens (tertiary/aromatic N) is 4. The van der Waals surface area contributed by atoms with Crippen molar-refractivity contribution in [3.05, 3.63) is 67.8 Å². The number of thiophene rings is 1. The average molecular weight is 437 g/mol. The molecule has 1 aromatic carbocycles. The zero-order chi connectivity index (χ0) is 21.1. The van der Waals surface area contributed by atoms with Gasteiger partial charge in [-0.25, -0.2) is 4.68 Å². The first-order valence-corrected chi connectivity index (χ1v) is 10.5. The number of carbonyl (C=O) groups excluding carboxylic acids is 1. The lowest BCUT2D eigenvalue weighted by atomic mass is 9.79. The van der Waals surface area contributed by atoms with Gasteiger partial charge in [-0.05, 0) is 23.9 Å². The van der Waals surface area contributed by atoms with Gasteiger partial charge in [-0.15, -0.1) is 11.3 Å². The number of nitro groups is 1. The molecule has 11 heteroatoms. The number of nitro benzene ring substituents is 1. The quantitative estimate of drug-likeness (QED) is 0.489. The number of carbonyl (C=O) groups is 1. The van der Waals surface area contributed by atoms with Crippen LogP contribution in [0.15, 0.2) is 47.2 Å². The molecule has 3 aliphatic rings. The molecule has 0 amide bonds. The molecule has 0 saturated heterocycles. The highest BCUT2D eigenvalue weighted by molar-refractivity contribution is 7.10. The molecule has 0 spiro atoms. The number of Topliss-reactive ketones (excluding diaryl/α,β-unsaturated/α-hetero) is 1. The van der Waals surface area contributed by atoms with E-state index in [9.17, 15) is 14.9 Å². The fraction of sp³-hybridized carbons (Fsp3) is 0.250. The number of benzene rings is 1. The second-order valence-electron chi connectivity index (χ2n) is 7.51. The van der Waals surface area contributed by atoms with E-state index in [0.717, 1.165) is 10.6 Å². The molecule has 1 aliphatic carbocycles. The Morgan fingerprint density at radius 1 is 1.26 bits per heavy atom. The number of allylic oxidation sites excluding steroid dienone is 2. The van der Waals surface area contributed by atoms with Gasteiger partial charge in [-0.3, -0.25) is 14.9 Å². The van der Waals surface area contributed by atoms with Gasteiger partial charge in [-0.1, -0.05) is 6.07 Å². The molecule has 1 N–H and O–H groups in total. The maximum absolute atomic E-state index is 13.4. The first-order valence-electron chi connectivity index (χ1n) is 9.64. The minimum absolute atomic E-state index is 0.00783. The number of ketones is 1. The molecule has 6 rings (SSSR count). The van der Waals surface area contributed by atoms with Crippen molar-refractivity contribution in [2.24, 2.45) is 0 Å². The molecule has 0 saturated carbocycles. The lowest BCUT2D eigenvalue weighted by Gasteiger charge is -2.34. The number of hydrogen-bond donors (Lipinski definition) is 1. The third-order valence-corrected chi connectivity index (χ3v) is 6.86. The summed E-state index contributed by atoms with van der Waals surface area (Å²) < 4.78 is 12.3. The lowest BCUT2D eigenvalue weighted by Crippen LogP contribution is -2.33. The molecule has 3 aromatic rings. The van der Waals surface area contributed by atoms with Crippen LogP contribution in [0.1, 0.15) is 35.2 Å². The van der Waals surface area contributed by atoms with E-state index >= 15 is 0 Å². The van der Waals surface area contributed by atoms with E-state index in [1.807, 2.05) is 17.5 Å². The molecule has 156 valence electrons. The Balaban J connectivity index is 1.53. The van der Waals surface area contributed by atoms with Crippen LogP contribution in [0.4, 0.5) is 11.6 Å². The number of fused-ring (bicyclic) bond motifs is 2. The van der Waals surface area contributed by atoms with E-state index in [2.05, 4.69) is 15.4 Å². The van der Waals surface area contributed by atoms with Crippen molar-refractivity contribution in [1.29, 1.82) is 0 Å². The standard InChI is InChI=1S/C20H15N5O5S/c26-14-5-10(17-2-1-3-31-17)4-12-18(14)19(24-20(23-12)21-8-22-24)11-6-15-16(30-9-29-15)7-13(11)25(27)28/h1-3,6-8,10,19H,4-5,9H2,(H,21,22,23)/t10-,19+/m1/s1. The largest absolute Gasteiger partial charge is 0.454 e. The van der Waals surface area contributed by atoms with Gasteiger partial charge in [0, 0.05) is 28.5 Å². The average Bonchev–Trinajstić information content (AvgIpc) is 3.52. The highest BCUT2D eigenvalue weighted by Crippen LogP contribution is 2.48. The SMILES string of the molecule is O=C1C[C@H](c2cccs2)CC2=C1[C@H](c1cc3c(cc1[N+](=O)[O-])OCO3)n1ncnc1N2. The molecule has 2 atom stereocenters. The summed E-state index contributed by atoms with van der Waals surface area (Å²) in [4.78, 5) is 30.2. The van der Waals surface area contributed by atoms with Crippen LogP contribution in [0.25, 0.3) is 0 Å². The van der Waals surface area contributed by atoms with Crippen LogP contribution >= 0.6 is 11.3 Å². The fourth-order valence-electron chi connectivity index (χ4n) is 4.49. The molecule has 10 nitrogen and oxygen atoms in total. The highest BCUT2D eigenvalue weighted by atomic mass is 32.1. The Hall–Kier alpha value is -3.73. The van der Waals surface area contributed by atoms with Crippen LogP contribution in [0, 0.1) is 10.1 Å². The van der Waals surface area contributed by atoms with Crippen molar-refractivity contribution in [3.8, 4) is 11.5 Å². The minimum atomic E-state index is -0.777. The number of aromatic nitrogens is 3. The van der Waals surface area contributed by atoms with Crippen LogP contribution < -0.4 is 14.8 Å². The molecule has 0 radical (unpaired) electrons. The van der Waals surface area contributed by atoms with Crippen LogP contribution in [0.5, 0.6) is 11.5 Å². The van der Waals surface area contributed by atoms with Crippen molar-refractivity contribution in [3.63, 3.8) is 0 Å². The summed E-state index contributed by atoms with van der Waals surface area (Å²) in [6.07, 6.45) is 2.32. The third-order valence-electron chi connectivity index (χ3n) is 5.82. The molecule has 4 heterocycles. The molecule has 0 fully saturated rings. The van der Waals surface area contributed by atoms with Crippen molar-refractivity contribution < 1.29 is 19.2 Å². The monoisotopic (exact) mass is 437 g/mol. The zero-order valence-corrected chi connectivity index (χ0v) is 16.8. The van der Waals surface area contributed by atoms with Gasteiger partial charge < -0.3 is 14.8 Å². The normalized spacial score (nSPS) is 21.5. The molecule has 2 aromatic heterocycles. The lowest BCUT2D eigenvalue weighted by molar-refractivity contribution is -0.385. The topological polar surface area (TPSA) is 121 Å². The second kappa shape index (κ2) is 6.64. The van der Waals surface area contributed by atoms with E-state index < -0.39 is 11.0 Å². The highest BCUT2D eigenvalue weighted by Gasteiger charge is 2.42. The first-order chi connectivity index (χ1) is 15.1. The van der Waals surface area contributed by atoms with Crippen molar-refractivity contribution in [2.75, 3.05) is 12.1 Å². The summed E-state index contributed by atoms with van der Waals surface area (Å²) in [5.41, 5.74) is 1.37. The van der Waals surface area contributed by atoms with E-state index in [1.54, 1.807) is 17.4 Å². The molecule has 2 aliphatic heterocycles. The maximum atomic E-state index is 13.4. The van der Waals surface area contributed by atoms with Gasteiger partial charge in [0.05, 0.1) is 16.6 Å². The summed E-state index contributed by atoms with van der Waals surface area (Å²) in [5, 5.41) is 21.4. The van der Waals surface area contributed by atoms with Gasteiger partial charge in [0.25, 0.3) is 5.69 Å². The smallest absolute Gasteiger partial charge is 0.279 e. The van der Waals surface area contributed by atoms with Crippen molar-refractivity contribution in [2.45, 2.75) is 24.8 Å². The maximum Gasteiger partial charge on any atom is 0.279 e. The fourth-order valence-corrected chi connectivity index (χ4v) is 5.32. The number of ether oxygens (including phenoxy) is 2. The summed E-state index contributed by atoms with van der Waals surface area (Å²) in [6, 6.07) is 6.14. The van der Waals surface area contributed by atoms with Crippen LogP contribution in [0.2, 0.25) is 0 Å². The molecular formula is C20H15N5O5S. The van der Waals surface area contributed by atoms with Gasteiger partial charge in [-0.2, -0.15) is 10.1 Å².